The van der Waals surface area contributed by atoms with Gasteiger partial charge in [-0.15, -0.1) is 12.1 Å². The van der Waals surface area contributed by atoms with E-state index in [4.69, 9.17) is 9.97 Å². The molecule has 49 heavy (non-hydrogen) atoms. The van der Waals surface area contributed by atoms with E-state index in [2.05, 4.69) is 128 Å². The molecule has 0 saturated carbocycles. The van der Waals surface area contributed by atoms with E-state index in [-0.39, 0.29) is 21.1 Å². The average Bonchev–Trinajstić information content (AvgIpc) is 3.79. The maximum absolute atomic E-state index is 5.36. The predicted octanol–water partition coefficient (Wildman–Crippen LogP) is 10.2. The van der Waals surface area contributed by atoms with Crippen molar-refractivity contribution >= 4 is 34.6 Å². The zero-order valence-electron chi connectivity index (χ0n) is 26.2. The van der Waals surface area contributed by atoms with E-state index >= 15 is 0 Å². The summed E-state index contributed by atoms with van der Waals surface area (Å²) < 4.78 is 4.26. The molecule has 7 heteroatoms. The molecule has 1 aliphatic heterocycles. The van der Waals surface area contributed by atoms with Gasteiger partial charge in [0.1, 0.15) is 11.4 Å². The summed E-state index contributed by atoms with van der Waals surface area (Å²) >= 11 is 0. The van der Waals surface area contributed by atoms with Gasteiger partial charge in [0.25, 0.3) is 0 Å². The first-order valence-corrected chi connectivity index (χ1v) is 15.9. The van der Waals surface area contributed by atoms with Crippen LogP contribution in [-0.4, -0.2) is 19.1 Å². The smallest absolute Gasteiger partial charge is 0.299 e. The van der Waals surface area contributed by atoms with E-state index in [1.165, 1.54) is 0 Å². The minimum Gasteiger partial charge on any atom is -0.299 e. The van der Waals surface area contributed by atoms with E-state index in [9.17, 15) is 0 Å². The number of rotatable bonds is 4. The Hall–Kier alpha value is -5.97. The minimum atomic E-state index is 0. The third-order valence-electron chi connectivity index (χ3n) is 8.47. The molecule has 1 aliphatic rings. The standard InChI is InChI=1S/C42H28N6.Pt/c1-5-17-33(18-6-1)45-29-39-40-30-46(34-19-7-2-8-20-34)42(44-40)48(36-23-11-4-12-24-36)38-26-14-16-32(28-38)31-15-13-25-37(27-31)47(41(45)43-39)35-21-9-3-10-22-35;/h1-26,29-30H;/q-2;+2. The van der Waals surface area contributed by atoms with Crippen LogP contribution in [0.15, 0.2) is 170 Å². The van der Waals surface area contributed by atoms with E-state index in [1.54, 1.807) is 0 Å². The minimum absolute atomic E-state index is 0. The Morgan fingerprint density at radius 1 is 0.367 bits per heavy atom. The Morgan fingerprint density at radius 2 is 0.714 bits per heavy atom. The summed E-state index contributed by atoms with van der Waals surface area (Å²) in [6.45, 7) is 0. The molecule has 3 heterocycles. The molecule has 8 aromatic rings. The van der Waals surface area contributed by atoms with Crippen LogP contribution in [0.2, 0.25) is 0 Å². The molecule has 9 rings (SSSR count). The van der Waals surface area contributed by atoms with Gasteiger partial charge in [-0.2, -0.15) is 36.4 Å². The van der Waals surface area contributed by atoms with Crippen molar-refractivity contribution < 1.29 is 21.1 Å². The molecule has 0 atom stereocenters. The second-order valence-electron chi connectivity index (χ2n) is 11.5. The van der Waals surface area contributed by atoms with Crippen LogP contribution >= 0.6 is 0 Å². The van der Waals surface area contributed by atoms with Crippen molar-refractivity contribution in [1.29, 1.82) is 0 Å². The van der Waals surface area contributed by atoms with Crippen LogP contribution < -0.4 is 9.80 Å². The fourth-order valence-corrected chi connectivity index (χ4v) is 6.23. The van der Waals surface area contributed by atoms with Gasteiger partial charge in [0, 0.05) is 35.1 Å². The molecule has 0 saturated heterocycles. The molecule has 0 unspecified atom stereocenters. The first-order valence-electron chi connectivity index (χ1n) is 15.9. The molecule has 236 valence electrons. The topological polar surface area (TPSA) is 42.1 Å². The first kappa shape index (κ1) is 30.4. The molecule has 0 fully saturated rings. The third-order valence-corrected chi connectivity index (χ3v) is 8.47. The van der Waals surface area contributed by atoms with Crippen molar-refractivity contribution in [1.82, 2.24) is 19.1 Å². The average molecular weight is 812 g/mol. The molecule has 0 amide bonds. The number of para-hydroxylation sites is 4. The van der Waals surface area contributed by atoms with Crippen molar-refractivity contribution in [3.05, 3.63) is 182 Å². The van der Waals surface area contributed by atoms with Gasteiger partial charge in [0.05, 0.1) is 0 Å². The molecule has 0 N–H and O–H groups in total. The Morgan fingerprint density at radius 3 is 1.08 bits per heavy atom. The van der Waals surface area contributed by atoms with Gasteiger partial charge in [-0.05, 0) is 59.9 Å². The Kier molecular flexibility index (Phi) is 8.00. The van der Waals surface area contributed by atoms with E-state index < -0.39 is 0 Å². The number of anilines is 6. The van der Waals surface area contributed by atoms with Crippen LogP contribution in [0, 0.1) is 12.1 Å². The third kappa shape index (κ3) is 5.56. The van der Waals surface area contributed by atoms with Crippen molar-refractivity contribution in [3.63, 3.8) is 0 Å². The van der Waals surface area contributed by atoms with Crippen LogP contribution in [0.4, 0.5) is 34.6 Å². The monoisotopic (exact) mass is 811 g/mol. The van der Waals surface area contributed by atoms with Crippen molar-refractivity contribution in [3.8, 4) is 33.9 Å². The quantitative estimate of drug-likeness (QED) is 0.166. The molecule has 0 aliphatic carbocycles. The maximum Gasteiger partial charge on any atom is 2.00 e. The molecule has 0 spiro atoms. The van der Waals surface area contributed by atoms with Gasteiger partial charge in [0.15, 0.2) is 0 Å². The predicted molar refractivity (Wildman–Crippen MR) is 192 cm³/mol. The molecule has 0 radical (unpaired) electrons. The van der Waals surface area contributed by atoms with Crippen LogP contribution in [-0.2, 0) is 21.1 Å². The van der Waals surface area contributed by atoms with Crippen molar-refractivity contribution in [2.24, 2.45) is 0 Å². The van der Waals surface area contributed by atoms with E-state index in [1.807, 2.05) is 72.8 Å². The number of hydrogen-bond acceptors (Lipinski definition) is 4. The van der Waals surface area contributed by atoms with Crippen LogP contribution in [0.25, 0.3) is 33.9 Å². The maximum atomic E-state index is 5.36. The normalized spacial score (nSPS) is 11.8. The van der Waals surface area contributed by atoms with Gasteiger partial charge in [-0.3, -0.25) is 18.9 Å². The molecular weight excluding hydrogens is 784 g/mol. The second kappa shape index (κ2) is 12.9. The van der Waals surface area contributed by atoms with Gasteiger partial charge in [-0.25, -0.2) is 21.1 Å². The molecule has 6 nitrogen and oxygen atoms in total. The number of hydrogen-bond donors (Lipinski definition) is 0. The number of aromatic nitrogens is 4. The first-order chi connectivity index (χ1) is 23.8. The Labute approximate surface area is 299 Å². The molecule has 6 aromatic carbocycles. The number of fused-ring (bicyclic) bond motifs is 10. The summed E-state index contributed by atoms with van der Waals surface area (Å²) in [4.78, 5) is 15.0. The van der Waals surface area contributed by atoms with Crippen molar-refractivity contribution in [2.45, 2.75) is 0 Å². The molecule has 2 aromatic heterocycles. The zero-order valence-corrected chi connectivity index (χ0v) is 28.4. The largest absolute Gasteiger partial charge is 2.00 e. The Balaban J connectivity index is 0.00000348. The van der Waals surface area contributed by atoms with Gasteiger partial charge < -0.3 is 0 Å². The zero-order chi connectivity index (χ0) is 31.9. The number of benzene rings is 6. The summed E-state index contributed by atoms with van der Waals surface area (Å²) in [7, 11) is 0. The van der Waals surface area contributed by atoms with Gasteiger partial charge in [0.2, 0.25) is 11.9 Å². The summed E-state index contributed by atoms with van der Waals surface area (Å²) in [5.74, 6) is 1.45. The SMILES string of the molecule is [Pt+2].[c-]1c2cccc1N(c1ccccc1)c1nc(cn1-c1ccccc1)-c1cn(-c3ccccc3)c(n1)N(c1ccccc1)c1[c-]c-2ccc1. The molecular formula is C42H28N6Pt. The number of nitrogens with zero attached hydrogens (tertiary/aromatic N) is 6. The summed E-state index contributed by atoms with van der Waals surface area (Å²) in [6.07, 6.45) is 4.15. The van der Waals surface area contributed by atoms with Crippen LogP contribution in [0.1, 0.15) is 0 Å². The summed E-state index contributed by atoms with van der Waals surface area (Å²) in [6, 6.07) is 61.2. The fourth-order valence-electron chi connectivity index (χ4n) is 6.23. The summed E-state index contributed by atoms with van der Waals surface area (Å²) in [5, 5.41) is 0. The van der Waals surface area contributed by atoms with Crippen LogP contribution in [0.5, 0.6) is 0 Å². The van der Waals surface area contributed by atoms with Gasteiger partial charge >= 0.3 is 21.1 Å². The molecule has 8 bridgehead atoms. The fraction of sp³-hybridized carbons (Fsp3) is 0. The number of imidazole rings is 2. The van der Waals surface area contributed by atoms with Crippen molar-refractivity contribution in [2.75, 3.05) is 9.80 Å². The van der Waals surface area contributed by atoms with Crippen LogP contribution in [0.3, 0.4) is 0 Å². The summed E-state index contributed by atoms with van der Waals surface area (Å²) in [5.41, 5.74) is 8.96. The van der Waals surface area contributed by atoms with E-state index in [0.29, 0.717) is 0 Å². The second-order valence-corrected chi connectivity index (χ2v) is 11.5. The van der Waals surface area contributed by atoms with Gasteiger partial charge in [-0.1, -0.05) is 72.8 Å². The Bertz CT molecular complexity index is 2180. The van der Waals surface area contributed by atoms with E-state index in [0.717, 1.165) is 68.5 Å².